The highest BCUT2D eigenvalue weighted by molar-refractivity contribution is 7.22. The quantitative estimate of drug-likeness (QED) is 0.205. The maximum Gasteiger partial charge on any atom is 0.358 e. The highest BCUT2D eigenvalue weighted by Crippen LogP contribution is 2.34. The van der Waals surface area contributed by atoms with Crippen LogP contribution in [0.1, 0.15) is 28.0 Å². The first-order valence-electron chi connectivity index (χ1n) is 14.1. The van der Waals surface area contributed by atoms with Gasteiger partial charge >= 0.3 is 12.0 Å². The van der Waals surface area contributed by atoms with Crippen LogP contribution in [0.2, 0.25) is 0 Å². The summed E-state index contributed by atoms with van der Waals surface area (Å²) in [5.41, 5.74) is 5.93. The Kier molecular flexibility index (Phi) is 7.93. The largest absolute Gasteiger partial charge is 0.491 e. The van der Waals surface area contributed by atoms with Crippen molar-refractivity contribution in [3.8, 4) is 17.0 Å². The van der Waals surface area contributed by atoms with Crippen LogP contribution in [0.25, 0.3) is 21.5 Å². The summed E-state index contributed by atoms with van der Waals surface area (Å²) in [6.45, 7) is 0.881. The number of ether oxygens (including phenoxy) is 1. The summed E-state index contributed by atoms with van der Waals surface area (Å²) in [6.07, 6.45) is 2.32. The molecular formula is C33H31N5O4S. The number of carboxylic acids is 1. The molecule has 2 amide bonds. The second kappa shape index (κ2) is 12.1. The second-order valence-electron chi connectivity index (χ2n) is 10.5. The van der Waals surface area contributed by atoms with Crippen LogP contribution in [-0.4, -0.2) is 54.3 Å². The summed E-state index contributed by atoms with van der Waals surface area (Å²) in [5, 5.41) is 13.4. The smallest absolute Gasteiger partial charge is 0.358 e. The Bertz CT molecular complexity index is 1770. The Hall–Kier alpha value is -4.96. The zero-order chi connectivity index (χ0) is 29.9. The van der Waals surface area contributed by atoms with Crippen molar-refractivity contribution >= 4 is 50.1 Å². The van der Waals surface area contributed by atoms with Gasteiger partial charge in [-0.05, 0) is 66.4 Å². The van der Waals surface area contributed by atoms with Gasteiger partial charge in [-0.2, -0.15) is 0 Å². The molecule has 6 rings (SSSR count). The van der Waals surface area contributed by atoms with Gasteiger partial charge in [0.2, 0.25) is 0 Å². The first-order valence-corrected chi connectivity index (χ1v) is 14.9. The highest BCUT2D eigenvalue weighted by Gasteiger charge is 2.25. The Morgan fingerprint density at radius 3 is 2.60 bits per heavy atom. The minimum absolute atomic E-state index is 0.149. The molecule has 0 fully saturated rings. The van der Waals surface area contributed by atoms with Gasteiger partial charge in [0.25, 0.3) is 0 Å². The van der Waals surface area contributed by atoms with Gasteiger partial charge in [0.05, 0.1) is 22.5 Å². The van der Waals surface area contributed by atoms with E-state index in [2.05, 4.69) is 15.3 Å². The van der Waals surface area contributed by atoms with E-state index in [1.54, 1.807) is 17.0 Å². The van der Waals surface area contributed by atoms with Crippen LogP contribution < -0.4 is 19.9 Å². The number of thiazole rings is 1. The van der Waals surface area contributed by atoms with Crippen LogP contribution in [0, 0.1) is 0 Å². The lowest BCUT2D eigenvalue weighted by Crippen LogP contribution is -2.38. The van der Waals surface area contributed by atoms with Crippen LogP contribution >= 0.6 is 11.3 Å². The molecule has 0 saturated heterocycles. The Morgan fingerprint density at radius 1 is 1.02 bits per heavy atom. The first-order chi connectivity index (χ1) is 20.9. The maximum atomic E-state index is 13.4. The molecule has 3 heterocycles. The monoisotopic (exact) mass is 593 g/mol. The lowest BCUT2D eigenvalue weighted by Gasteiger charge is -2.29. The molecule has 0 atom stereocenters. The number of nitrogens with one attached hydrogen (secondary N) is 1. The third kappa shape index (κ3) is 6.14. The zero-order valence-electron chi connectivity index (χ0n) is 23.9. The third-order valence-electron chi connectivity index (χ3n) is 7.41. The maximum absolute atomic E-state index is 13.4. The summed E-state index contributed by atoms with van der Waals surface area (Å²) in [4.78, 5) is 38.2. The first kappa shape index (κ1) is 28.2. The molecule has 3 aromatic carbocycles. The number of hydrogen-bond donors (Lipinski definition) is 2. The molecule has 2 N–H and O–H groups in total. The Balaban J connectivity index is 1.19. The average Bonchev–Trinajstić information content (AvgIpc) is 3.43. The molecule has 43 heavy (non-hydrogen) atoms. The molecule has 10 heteroatoms. The van der Waals surface area contributed by atoms with E-state index in [1.807, 2.05) is 85.7 Å². The van der Waals surface area contributed by atoms with Gasteiger partial charge in [0, 0.05) is 44.0 Å². The number of hydrogen-bond acceptors (Lipinski definition) is 7. The summed E-state index contributed by atoms with van der Waals surface area (Å²) in [6, 6.07) is 24.9. The fourth-order valence-corrected chi connectivity index (χ4v) is 6.00. The lowest BCUT2D eigenvalue weighted by molar-refractivity contribution is 0.0685. The van der Waals surface area contributed by atoms with E-state index >= 15 is 0 Å². The fraction of sp³-hybridized carbons (Fsp3) is 0.212. The molecule has 0 aliphatic carbocycles. The van der Waals surface area contributed by atoms with Crippen molar-refractivity contribution in [1.82, 2.24) is 9.97 Å². The van der Waals surface area contributed by atoms with E-state index in [-0.39, 0.29) is 17.5 Å². The summed E-state index contributed by atoms with van der Waals surface area (Å²) >= 11 is 1.43. The number of aromatic carboxylic acids is 1. The number of nitrogens with zero attached hydrogens (tertiary/aromatic N) is 4. The molecule has 9 nitrogen and oxygen atoms in total. The number of pyridine rings is 1. The highest BCUT2D eigenvalue weighted by atomic mass is 32.1. The molecule has 0 unspecified atom stereocenters. The van der Waals surface area contributed by atoms with Crippen molar-refractivity contribution in [1.29, 1.82) is 0 Å². The third-order valence-corrected chi connectivity index (χ3v) is 8.37. The van der Waals surface area contributed by atoms with E-state index in [4.69, 9.17) is 4.74 Å². The van der Waals surface area contributed by atoms with E-state index in [9.17, 15) is 14.7 Å². The van der Waals surface area contributed by atoms with Crippen molar-refractivity contribution in [3.05, 3.63) is 95.7 Å². The summed E-state index contributed by atoms with van der Waals surface area (Å²) < 4.78 is 6.87. The van der Waals surface area contributed by atoms with Gasteiger partial charge in [-0.15, -0.1) is 0 Å². The number of carbonyl (C=O) groups is 2. The van der Waals surface area contributed by atoms with Gasteiger partial charge in [0.15, 0.2) is 16.6 Å². The summed E-state index contributed by atoms with van der Waals surface area (Å²) in [5.74, 6) is -0.946. The molecule has 0 spiro atoms. The van der Waals surface area contributed by atoms with Gasteiger partial charge in [-0.3, -0.25) is 10.2 Å². The van der Waals surface area contributed by atoms with Crippen LogP contribution in [-0.2, 0) is 12.8 Å². The van der Waals surface area contributed by atoms with E-state index < -0.39 is 5.97 Å². The van der Waals surface area contributed by atoms with Crippen molar-refractivity contribution in [2.45, 2.75) is 19.3 Å². The molecule has 5 aromatic rings. The van der Waals surface area contributed by atoms with Crippen molar-refractivity contribution in [2.75, 3.05) is 42.4 Å². The number of amides is 2. The number of carboxylic acid groups (broad SMARTS) is 1. The van der Waals surface area contributed by atoms with Crippen molar-refractivity contribution in [2.24, 2.45) is 0 Å². The normalized spacial score (nSPS) is 12.6. The van der Waals surface area contributed by atoms with E-state index in [0.29, 0.717) is 36.0 Å². The molecule has 2 aromatic heterocycles. The van der Waals surface area contributed by atoms with E-state index in [1.165, 1.54) is 11.3 Å². The molecular weight excluding hydrogens is 562 g/mol. The van der Waals surface area contributed by atoms with E-state index in [0.717, 1.165) is 45.6 Å². The number of para-hydroxylation sites is 1. The number of benzene rings is 3. The number of anilines is 3. The lowest BCUT2D eigenvalue weighted by atomic mass is 9.98. The van der Waals surface area contributed by atoms with Crippen LogP contribution in [0.4, 0.5) is 21.3 Å². The molecule has 1 aliphatic rings. The topological polar surface area (TPSA) is 108 Å². The number of fused-ring (bicyclic) bond motifs is 2. The number of aryl methyl sites for hydroxylation is 1. The Morgan fingerprint density at radius 2 is 1.84 bits per heavy atom. The zero-order valence-corrected chi connectivity index (χ0v) is 24.7. The van der Waals surface area contributed by atoms with Crippen molar-refractivity contribution < 1.29 is 19.4 Å². The van der Waals surface area contributed by atoms with Crippen LogP contribution in [0.3, 0.4) is 0 Å². The number of carbonyl (C=O) groups excluding carboxylic acids is 1. The SMILES string of the molecule is CN(C)c1ccc(CCOc2ccc(-c3ccc4c(c3)N(C(=O)Nc3nc5ccccc5s3)CCC4)nc2C(=O)O)cc1. The van der Waals surface area contributed by atoms with Gasteiger partial charge in [-0.1, -0.05) is 47.7 Å². The minimum atomic E-state index is -1.16. The molecule has 0 saturated carbocycles. The minimum Gasteiger partial charge on any atom is -0.491 e. The standard InChI is InChI=1S/C33H31N5O4S/c1-37(2)24-13-9-21(10-14-24)17-19-42-28-16-15-25(34-30(28)31(39)40)23-12-11-22-6-5-18-38(27(22)20-23)33(41)36-32-35-26-7-3-4-8-29(26)43-32/h3-4,7-16,20H,5-6,17-19H2,1-2H3,(H,39,40)(H,35,36,41). The predicted octanol–water partition coefficient (Wildman–Crippen LogP) is 6.73. The molecule has 0 bridgehead atoms. The predicted molar refractivity (Wildman–Crippen MR) is 171 cm³/mol. The van der Waals surface area contributed by atoms with Gasteiger partial charge in [0.1, 0.15) is 0 Å². The molecule has 218 valence electrons. The summed E-state index contributed by atoms with van der Waals surface area (Å²) in [7, 11) is 3.98. The second-order valence-corrected chi connectivity index (χ2v) is 11.6. The number of urea groups is 1. The average molecular weight is 594 g/mol. The van der Waals surface area contributed by atoms with Crippen LogP contribution in [0.15, 0.2) is 78.9 Å². The molecule has 0 radical (unpaired) electrons. The fourth-order valence-electron chi connectivity index (χ4n) is 5.15. The number of rotatable bonds is 8. The number of aromatic nitrogens is 2. The van der Waals surface area contributed by atoms with Crippen LogP contribution in [0.5, 0.6) is 5.75 Å². The Labute approximate surface area is 253 Å². The van der Waals surface area contributed by atoms with Crippen molar-refractivity contribution in [3.63, 3.8) is 0 Å². The van der Waals surface area contributed by atoms with Gasteiger partial charge in [-0.25, -0.2) is 19.6 Å². The van der Waals surface area contributed by atoms with Gasteiger partial charge < -0.3 is 14.7 Å². The molecule has 1 aliphatic heterocycles.